The molecule has 1 unspecified atom stereocenters. The fourth-order valence-electron chi connectivity index (χ4n) is 1.07. The van der Waals surface area contributed by atoms with Crippen molar-refractivity contribution in [2.24, 2.45) is 0 Å². The van der Waals surface area contributed by atoms with Crippen LogP contribution in [0.3, 0.4) is 0 Å². The van der Waals surface area contributed by atoms with Gasteiger partial charge in [-0.25, -0.2) is 0 Å². The maximum absolute atomic E-state index is 11.7. The van der Waals surface area contributed by atoms with Gasteiger partial charge < -0.3 is 9.84 Å². The summed E-state index contributed by atoms with van der Waals surface area (Å²) in [5, 5.41) is 8.67. The first-order valence-electron chi connectivity index (χ1n) is 5.24. The summed E-state index contributed by atoms with van der Waals surface area (Å²) < 4.78 is 31.2. The van der Waals surface area contributed by atoms with Crippen molar-refractivity contribution in [2.45, 2.75) is 25.8 Å². The van der Waals surface area contributed by atoms with Crippen molar-refractivity contribution in [3.63, 3.8) is 0 Å². The lowest BCUT2D eigenvalue weighted by Crippen LogP contribution is -2.43. The molecule has 7 nitrogen and oxygen atoms in total. The largest absolute Gasteiger partial charge is 0.469 e. The van der Waals surface area contributed by atoms with Crippen LogP contribution in [0.1, 0.15) is 19.8 Å². The van der Waals surface area contributed by atoms with Gasteiger partial charge in [0.1, 0.15) is 0 Å². The summed E-state index contributed by atoms with van der Waals surface area (Å²) in [6.45, 7) is 1.62. The Bertz CT molecular complexity index is 330. The van der Waals surface area contributed by atoms with Gasteiger partial charge in [0, 0.05) is 26.2 Å². The Balaban J connectivity index is 4.25. The van der Waals surface area contributed by atoms with E-state index in [-0.39, 0.29) is 25.6 Å². The topological polar surface area (TPSA) is 95.9 Å². The predicted molar refractivity (Wildman–Crippen MR) is 62.5 cm³/mol. The van der Waals surface area contributed by atoms with E-state index in [1.165, 1.54) is 14.2 Å². The fourth-order valence-corrected chi connectivity index (χ4v) is 2.21. The van der Waals surface area contributed by atoms with E-state index in [2.05, 4.69) is 9.46 Å². The molecule has 2 N–H and O–H groups in total. The van der Waals surface area contributed by atoms with Gasteiger partial charge in [0.25, 0.3) is 10.2 Å². The number of nitrogens with one attached hydrogen (secondary N) is 1. The highest BCUT2D eigenvalue weighted by molar-refractivity contribution is 7.87. The van der Waals surface area contributed by atoms with Crippen molar-refractivity contribution in [3.05, 3.63) is 0 Å². The second-order valence-electron chi connectivity index (χ2n) is 3.68. The molecule has 0 saturated heterocycles. The van der Waals surface area contributed by atoms with E-state index in [1.807, 2.05) is 0 Å². The highest BCUT2D eigenvalue weighted by Crippen LogP contribution is 2.00. The summed E-state index contributed by atoms with van der Waals surface area (Å²) in [5.41, 5.74) is 0. The monoisotopic (exact) mass is 268 g/mol. The van der Waals surface area contributed by atoms with E-state index in [0.29, 0.717) is 6.42 Å². The van der Waals surface area contributed by atoms with Crippen LogP contribution in [-0.2, 0) is 19.7 Å². The lowest BCUT2D eigenvalue weighted by Gasteiger charge is -2.20. The number of aliphatic hydroxyl groups excluding tert-OH is 1. The van der Waals surface area contributed by atoms with Gasteiger partial charge in [-0.1, -0.05) is 0 Å². The molecule has 0 bridgehead atoms. The number of nitrogens with zero attached hydrogens (tertiary/aromatic N) is 1. The Hall–Kier alpha value is -0.700. The van der Waals surface area contributed by atoms with E-state index in [4.69, 9.17) is 5.11 Å². The minimum atomic E-state index is -3.62. The van der Waals surface area contributed by atoms with Gasteiger partial charge in [-0.05, 0) is 13.3 Å². The number of carbonyl (C=O) groups excluding carboxylic acids is 1. The van der Waals surface area contributed by atoms with Gasteiger partial charge >= 0.3 is 5.97 Å². The molecule has 0 spiro atoms. The summed E-state index contributed by atoms with van der Waals surface area (Å²) in [6, 6.07) is -0.356. The zero-order chi connectivity index (χ0) is 13.5. The first-order valence-corrected chi connectivity index (χ1v) is 6.68. The van der Waals surface area contributed by atoms with Gasteiger partial charge in [-0.2, -0.15) is 17.4 Å². The van der Waals surface area contributed by atoms with Crippen LogP contribution in [0.5, 0.6) is 0 Å². The molecule has 0 aliphatic rings. The van der Waals surface area contributed by atoms with Crippen LogP contribution in [0.2, 0.25) is 0 Å². The van der Waals surface area contributed by atoms with Gasteiger partial charge in [0.05, 0.1) is 13.5 Å². The van der Waals surface area contributed by atoms with E-state index in [9.17, 15) is 13.2 Å². The van der Waals surface area contributed by atoms with Crippen molar-refractivity contribution in [2.75, 3.05) is 27.3 Å². The molecule has 17 heavy (non-hydrogen) atoms. The first kappa shape index (κ1) is 16.3. The van der Waals surface area contributed by atoms with E-state index in [1.54, 1.807) is 6.92 Å². The van der Waals surface area contributed by atoms with Crippen molar-refractivity contribution in [1.29, 1.82) is 0 Å². The lowest BCUT2D eigenvalue weighted by molar-refractivity contribution is -0.140. The van der Waals surface area contributed by atoms with Crippen molar-refractivity contribution < 1.29 is 23.1 Å². The van der Waals surface area contributed by atoms with Gasteiger partial charge in [-0.15, -0.1) is 0 Å². The molecule has 0 saturated carbocycles. The number of aliphatic hydroxyl groups is 1. The molecular formula is C9H20N2O5S. The summed E-state index contributed by atoms with van der Waals surface area (Å²) >= 11 is 0. The van der Waals surface area contributed by atoms with Gasteiger partial charge in [-0.3, -0.25) is 4.79 Å². The molecule has 0 amide bonds. The zero-order valence-corrected chi connectivity index (χ0v) is 11.2. The average molecular weight is 268 g/mol. The molecular weight excluding hydrogens is 248 g/mol. The number of hydrogen-bond donors (Lipinski definition) is 2. The number of esters is 1. The minimum absolute atomic E-state index is 0.00227. The number of methoxy groups -OCH3 is 1. The number of rotatable bonds is 8. The smallest absolute Gasteiger partial charge is 0.306 e. The standard InChI is InChI=1S/C9H20N2O5S/c1-8(5-7-12)10-17(14,15)11(2)6-4-9(13)16-3/h8,10,12H,4-7H2,1-3H3. The lowest BCUT2D eigenvalue weighted by atomic mass is 10.3. The Kier molecular flexibility index (Phi) is 7.28. The molecule has 0 aliphatic carbocycles. The van der Waals surface area contributed by atoms with Gasteiger partial charge in [0.2, 0.25) is 0 Å². The van der Waals surface area contributed by atoms with E-state index < -0.39 is 16.2 Å². The second kappa shape index (κ2) is 7.59. The molecule has 0 aromatic carbocycles. The van der Waals surface area contributed by atoms with Crippen LogP contribution in [0.4, 0.5) is 0 Å². The highest BCUT2D eigenvalue weighted by atomic mass is 32.2. The number of ether oxygens (including phenoxy) is 1. The second-order valence-corrected chi connectivity index (χ2v) is 5.49. The molecule has 0 radical (unpaired) electrons. The zero-order valence-electron chi connectivity index (χ0n) is 10.3. The predicted octanol–water partition coefficient (Wildman–Crippen LogP) is -0.913. The summed E-state index contributed by atoms with van der Waals surface area (Å²) in [7, 11) is -1.00. The SMILES string of the molecule is COC(=O)CCN(C)S(=O)(=O)NC(C)CCO. The van der Waals surface area contributed by atoms with Crippen LogP contribution < -0.4 is 4.72 Å². The molecule has 0 aromatic heterocycles. The van der Waals surface area contributed by atoms with Crippen LogP contribution in [0, 0.1) is 0 Å². The third kappa shape index (κ3) is 6.57. The summed E-state index contributed by atoms with van der Waals surface area (Å²) in [5.74, 6) is -0.463. The van der Waals surface area contributed by atoms with Crippen molar-refractivity contribution in [1.82, 2.24) is 9.03 Å². The first-order chi connectivity index (χ1) is 7.83. The third-order valence-corrected chi connectivity index (χ3v) is 3.88. The van der Waals surface area contributed by atoms with Crippen LogP contribution in [0.15, 0.2) is 0 Å². The highest BCUT2D eigenvalue weighted by Gasteiger charge is 2.20. The molecule has 0 fully saturated rings. The van der Waals surface area contributed by atoms with Crippen LogP contribution in [-0.4, -0.2) is 57.1 Å². The maximum Gasteiger partial charge on any atom is 0.306 e. The Morgan fingerprint density at radius 1 is 1.53 bits per heavy atom. The molecule has 0 aromatic rings. The van der Waals surface area contributed by atoms with E-state index in [0.717, 1.165) is 4.31 Å². The van der Waals surface area contributed by atoms with Crippen LogP contribution in [0.25, 0.3) is 0 Å². The normalized spacial score (nSPS) is 13.7. The molecule has 8 heteroatoms. The molecule has 1 atom stereocenters. The average Bonchev–Trinajstić information content (AvgIpc) is 2.24. The quantitative estimate of drug-likeness (QED) is 0.555. The molecule has 0 aliphatic heterocycles. The molecule has 102 valence electrons. The Morgan fingerprint density at radius 2 is 2.12 bits per heavy atom. The van der Waals surface area contributed by atoms with Crippen LogP contribution >= 0.6 is 0 Å². The number of carbonyl (C=O) groups is 1. The van der Waals surface area contributed by atoms with E-state index >= 15 is 0 Å². The Labute approximate surface area is 102 Å². The fraction of sp³-hybridized carbons (Fsp3) is 0.889. The minimum Gasteiger partial charge on any atom is -0.469 e. The van der Waals surface area contributed by atoms with Crippen molar-refractivity contribution >= 4 is 16.2 Å². The summed E-state index contributed by atoms with van der Waals surface area (Å²) in [6.07, 6.45) is 0.340. The number of hydrogen-bond acceptors (Lipinski definition) is 5. The maximum atomic E-state index is 11.7. The van der Waals surface area contributed by atoms with Gasteiger partial charge in [0.15, 0.2) is 0 Å². The third-order valence-electron chi connectivity index (χ3n) is 2.18. The molecule has 0 rings (SSSR count). The van der Waals surface area contributed by atoms with Crippen molar-refractivity contribution in [3.8, 4) is 0 Å². The summed E-state index contributed by atoms with van der Waals surface area (Å²) in [4.78, 5) is 10.9. The molecule has 0 heterocycles. The Morgan fingerprint density at radius 3 is 2.59 bits per heavy atom.